The fourth-order valence-electron chi connectivity index (χ4n) is 2.01. The molecule has 2 aromatic rings. The van der Waals surface area contributed by atoms with E-state index in [1.165, 1.54) is 5.56 Å². The summed E-state index contributed by atoms with van der Waals surface area (Å²) >= 11 is 0. The van der Waals surface area contributed by atoms with Crippen LogP contribution in [0.3, 0.4) is 0 Å². The molecule has 2 heteroatoms. The van der Waals surface area contributed by atoms with Gasteiger partial charge >= 0.3 is 0 Å². The van der Waals surface area contributed by atoms with Gasteiger partial charge in [0.25, 0.3) is 0 Å². The summed E-state index contributed by atoms with van der Waals surface area (Å²) in [7, 11) is 0. The fourth-order valence-corrected chi connectivity index (χ4v) is 2.01. The molecule has 0 unspecified atom stereocenters. The van der Waals surface area contributed by atoms with E-state index in [4.69, 9.17) is 4.74 Å². The quantitative estimate of drug-likeness (QED) is 0.801. The summed E-state index contributed by atoms with van der Waals surface area (Å²) in [4.78, 5) is 0. The topological polar surface area (TPSA) is 29.5 Å². The van der Waals surface area contributed by atoms with Crippen LogP contribution in [0.1, 0.15) is 13.3 Å². The van der Waals surface area contributed by atoms with Crippen molar-refractivity contribution in [3.63, 3.8) is 0 Å². The first-order valence-electron chi connectivity index (χ1n) is 6.89. The van der Waals surface area contributed by atoms with Crippen LogP contribution in [0, 0.1) is 0 Å². The van der Waals surface area contributed by atoms with Gasteiger partial charge in [0.1, 0.15) is 5.75 Å². The van der Waals surface area contributed by atoms with Crippen molar-refractivity contribution in [2.24, 2.45) is 0 Å². The number of aliphatic hydroxyl groups excluding tert-OH is 1. The Morgan fingerprint density at radius 1 is 1.05 bits per heavy atom. The third-order valence-corrected chi connectivity index (χ3v) is 3.04. The lowest BCUT2D eigenvalue weighted by molar-refractivity contribution is 0.178. The van der Waals surface area contributed by atoms with Crippen molar-refractivity contribution in [1.82, 2.24) is 0 Å². The highest BCUT2D eigenvalue weighted by Crippen LogP contribution is 2.23. The molecule has 0 saturated carbocycles. The van der Waals surface area contributed by atoms with E-state index in [1.807, 2.05) is 49.4 Å². The van der Waals surface area contributed by atoms with Gasteiger partial charge in [0.15, 0.2) is 0 Å². The normalized spacial score (nSPS) is 12.5. The van der Waals surface area contributed by atoms with Crippen molar-refractivity contribution in [1.29, 1.82) is 0 Å². The zero-order chi connectivity index (χ0) is 14.2. The van der Waals surface area contributed by atoms with Crippen LogP contribution in [-0.4, -0.2) is 17.8 Å². The molecule has 0 aromatic heterocycles. The van der Waals surface area contributed by atoms with Crippen molar-refractivity contribution in [3.05, 3.63) is 66.7 Å². The summed E-state index contributed by atoms with van der Waals surface area (Å²) in [5, 5.41) is 9.59. The monoisotopic (exact) mass is 268 g/mol. The summed E-state index contributed by atoms with van der Waals surface area (Å²) in [6.07, 6.45) is 3.78. The molecule has 1 atom stereocenters. The Labute approximate surface area is 120 Å². The number of allylic oxidation sites excluding steroid dienone is 1. The first kappa shape index (κ1) is 14.4. The average Bonchev–Trinajstić information content (AvgIpc) is 2.49. The van der Waals surface area contributed by atoms with Gasteiger partial charge in [0, 0.05) is 6.42 Å². The van der Waals surface area contributed by atoms with E-state index in [-0.39, 0.29) is 0 Å². The standard InChI is InChI=1S/C18H20O2/c1-2-7-17(19)12-13-20-18-11-6-10-16(14-18)15-8-4-3-5-9-15/h2-11,14,17,19H,12-13H2,1H3/t17-/m1/s1. The minimum absolute atomic E-state index is 0.433. The first-order chi connectivity index (χ1) is 9.79. The maximum absolute atomic E-state index is 9.59. The lowest BCUT2D eigenvalue weighted by Crippen LogP contribution is -2.08. The second-order valence-electron chi connectivity index (χ2n) is 4.62. The molecule has 1 N–H and O–H groups in total. The lowest BCUT2D eigenvalue weighted by atomic mass is 10.1. The van der Waals surface area contributed by atoms with Gasteiger partial charge in [-0.3, -0.25) is 0 Å². The van der Waals surface area contributed by atoms with Crippen LogP contribution in [0.5, 0.6) is 5.75 Å². The largest absolute Gasteiger partial charge is 0.493 e. The van der Waals surface area contributed by atoms with Crippen LogP contribution in [0.25, 0.3) is 11.1 Å². The smallest absolute Gasteiger partial charge is 0.119 e. The van der Waals surface area contributed by atoms with Crippen LogP contribution in [0.4, 0.5) is 0 Å². The number of hydrogen-bond donors (Lipinski definition) is 1. The predicted molar refractivity (Wildman–Crippen MR) is 82.8 cm³/mol. The van der Waals surface area contributed by atoms with Crippen LogP contribution >= 0.6 is 0 Å². The first-order valence-corrected chi connectivity index (χ1v) is 6.89. The van der Waals surface area contributed by atoms with Gasteiger partial charge in [-0.1, -0.05) is 54.6 Å². The van der Waals surface area contributed by atoms with Gasteiger partial charge in [-0.05, 0) is 30.2 Å². The van der Waals surface area contributed by atoms with E-state index < -0.39 is 6.10 Å². The SMILES string of the molecule is CC=C[C@@H](O)CCOc1cccc(-c2ccccc2)c1. The molecular formula is C18H20O2. The van der Waals surface area contributed by atoms with Gasteiger partial charge in [-0.25, -0.2) is 0 Å². The highest BCUT2D eigenvalue weighted by Gasteiger charge is 2.02. The molecule has 0 radical (unpaired) electrons. The Kier molecular flexibility index (Phi) is 5.39. The zero-order valence-electron chi connectivity index (χ0n) is 11.7. The van der Waals surface area contributed by atoms with Crippen molar-refractivity contribution in [2.45, 2.75) is 19.4 Å². The van der Waals surface area contributed by atoms with Gasteiger partial charge in [-0.15, -0.1) is 0 Å². The Balaban J connectivity index is 1.97. The van der Waals surface area contributed by atoms with E-state index >= 15 is 0 Å². The van der Waals surface area contributed by atoms with E-state index in [2.05, 4.69) is 18.2 Å². The van der Waals surface area contributed by atoms with Crippen LogP contribution < -0.4 is 4.74 Å². The second kappa shape index (κ2) is 7.51. The molecule has 0 amide bonds. The van der Waals surface area contributed by atoms with Gasteiger partial charge in [-0.2, -0.15) is 0 Å². The van der Waals surface area contributed by atoms with Crippen molar-refractivity contribution < 1.29 is 9.84 Å². The molecule has 0 aliphatic rings. The number of rotatable bonds is 6. The van der Waals surface area contributed by atoms with Crippen molar-refractivity contribution in [3.8, 4) is 16.9 Å². The third kappa shape index (κ3) is 4.25. The molecule has 2 nitrogen and oxygen atoms in total. The summed E-state index contributed by atoms with van der Waals surface area (Å²) in [6, 6.07) is 18.2. The van der Waals surface area contributed by atoms with E-state index in [0.717, 1.165) is 11.3 Å². The Bertz CT molecular complexity index is 546. The van der Waals surface area contributed by atoms with E-state index in [1.54, 1.807) is 6.08 Å². The molecule has 0 aliphatic carbocycles. The molecule has 0 saturated heterocycles. The lowest BCUT2D eigenvalue weighted by Gasteiger charge is -2.10. The van der Waals surface area contributed by atoms with Gasteiger partial charge < -0.3 is 9.84 Å². The van der Waals surface area contributed by atoms with Crippen LogP contribution in [0.2, 0.25) is 0 Å². The summed E-state index contributed by atoms with van der Waals surface area (Å²) in [5.74, 6) is 0.832. The molecule has 0 fully saturated rings. The maximum Gasteiger partial charge on any atom is 0.119 e. The maximum atomic E-state index is 9.59. The molecular weight excluding hydrogens is 248 g/mol. The van der Waals surface area contributed by atoms with Crippen LogP contribution in [-0.2, 0) is 0 Å². The molecule has 0 spiro atoms. The molecule has 2 aromatic carbocycles. The van der Waals surface area contributed by atoms with Crippen molar-refractivity contribution >= 4 is 0 Å². The number of ether oxygens (including phenoxy) is 1. The molecule has 2 rings (SSSR count). The Morgan fingerprint density at radius 2 is 1.80 bits per heavy atom. The molecule has 20 heavy (non-hydrogen) atoms. The number of hydrogen-bond acceptors (Lipinski definition) is 2. The number of aliphatic hydroxyl groups is 1. The molecule has 0 heterocycles. The predicted octanol–water partition coefficient (Wildman–Crippen LogP) is 4.06. The minimum atomic E-state index is -0.433. The molecule has 104 valence electrons. The van der Waals surface area contributed by atoms with Crippen LogP contribution in [0.15, 0.2) is 66.7 Å². The summed E-state index contributed by atoms with van der Waals surface area (Å²) in [5.41, 5.74) is 2.31. The molecule has 0 aliphatic heterocycles. The Morgan fingerprint density at radius 3 is 2.55 bits per heavy atom. The molecule has 0 bridgehead atoms. The van der Waals surface area contributed by atoms with Gasteiger partial charge in [0.05, 0.1) is 12.7 Å². The summed E-state index contributed by atoms with van der Waals surface area (Å²) in [6.45, 7) is 2.40. The highest BCUT2D eigenvalue weighted by atomic mass is 16.5. The second-order valence-corrected chi connectivity index (χ2v) is 4.62. The average molecular weight is 268 g/mol. The zero-order valence-corrected chi connectivity index (χ0v) is 11.7. The van der Waals surface area contributed by atoms with Gasteiger partial charge in [0.2, 0.25) is 0 Å². The summed E-state index contributed by atoms with van der Waals surface area (Å²) < 4.78 is 5.69. The minimum Gasteiger partial charge on any atom is -0.493 e. The van der Waals surface area contributed by atoms with E-state index in [9.17, 15) is 5.11 Å². The Hall–Kier alpha value is -2.06. The van der Waals surface area contributed by atoms with E-state index in [0.29, 0.717) is 13.0 Å². The van der Waals surface area contributed by atoms with Crippen molar-refractivity contribution in [2.75, 3.05) is 6.61 Å². The number of benzene rings is 2. The third-order valence-electron chi connectivity index (χ3n) is 3.04. The fraction of sp³-hybridized carbons (Fsp3) is 0.222. The highest BCUT2D eigenvalue weighted by molar-refractivity contribution is 5.64.